The molecule has 1 aliphatic rings. The molecule has 1 saturated carbocycles. The molecule has 1 aromatic heterocycles. The number of hydrogen-bond donors (Lipinski definition) is 1. The van der Waals surface area contributed by atoms with E-state index in [1.54, 1.807) is 0 Å². The van der Waals surface area contributed by atoms with Crippen molar-refractivity contribution in [3.63, 3.8) is 0 Å². The minimum atomic E-state index is -0.401. The van der Waals surface area contributed by atoms with Crippen LogP contribution in [0.1, 0.15) is 50.4 Å². The molecule has 1 aromatic rings. The molecule has 5 heteroatoms. The van der Waals surface area contributed by atoms with Crippen LogP contribution in [-0.2, 0) is 4.74 Å². The van der Waals surface area contributed by atoms with Gasteiger partial charge in [-0.15, -0.1) is 0 Å². The van der Waals surface area contributed by atoms with Gasteiger partial charge in [-0.2, -0.15) is 0 Å². The second kappa shape index (κ2) is 6.65. The van der Waals surface area contributed by atoms with Crippen LogP contribution in [0.3, 0.4) is 0 Å². The van der Waals surface area contributed by atoms with E-state index in [1.165, 1.54) is 18.7 Å². The van der Waals surface area contributed by atoms with Gasteiger partial charge in [0.1, 0.15) is 11.3 Å². The van der Waals surface area contributed by atoms with Gasteiger partial charge in [-0.25, -0.2) is 9.78 Å². The first-order valence-electron chi connectivity index (χ1n) is 7.50. The van der Waals surface area contributed by atoms with Crippen molar-refractivity contribution < 1.29 is 9.53 Å². The molecule has 21 heavy (non-hydrogen) atoms. The molecule has 1 fully saturated rings. The molecule has 2 N–H and O–H groups in total. The molecule has 1 aliphatic carbocycles. The first-order valence-corrected chi connectivity index (χ1v) is 7.88. The number of nitrogen functional groups attached to an aromatic ring is 1. The Labute approximate surface area is 131 Å². The van der Waals surface area contributed by atoms with Gasteiger partial charge in [0, 0.05) is 0 Å². The zero-order chi connectivity index (χ0) is 15.6. The van der Waals surface area contributed by atoms with E-state index in [-0.39, 0.29) is 11.3 Å². The van der Waals surface area contributed by atoms with Crippen molar-refractivity contribution in [3.8, 4) is 0 Å². The molecule has 116 valence electrons. The summed E-state index contributed by atoms with van der Waals surface area (Å²) in [5, 5.41) is 0.244. The number of aromatic nitrogens is 1. The Kier molecular flexibility index (Phi) is 5.09. The number of carbonyl (C=O) groups excluding carboxylic acids is 1. The van der Waals surface area contributed by atoms with Crippen molar-refractivity contribution in [2.75, 3.05) is 5.73 Å². The van der Waals surface area contributed by atoms with Gasteiger partial charge in [-0.1, -0.05) is 38.8 Å². The van der Waals surface area contributed by atoms with Crippen LogP contribution in [0, 0.1) is 17.8 Å². The Bertz CT molecular complexity index is 519. The predicted molar refractivity (Wildman–Crippen MR) is 84.2 cm³/mol. The van der Waals surface area contributed by atoms with Crippen LogP contribution >= 0.6 is 11.6 Å². The van der Waals surface area contributed by atoms with Crippen LogP contribution < -0.4 is 5.73 Å². The topological polar surface area (TPSA) is 65.2 Å². The van der Waals surface area contributed by atoms with E-state index in [2.05, 4.69) is 25.8 Å². The van der Waals surface area contributed by atoms with Gasteiger partial charge in [0.15, 0.2) is 0 Å². The molecule has 1 heterocycles. The van der Waals surface area contributed by atoms with Gasteiger partial charge in [-0.05, 0) is 36.7 Å². The molecular formula is C16H23ClN2O2. The number of nitrogens with two attached hydrogens (primary N) is 1. The molecule has 0 bridgehead atoms. The molecule has 0 aromatic carbocycles. The van der Waals surface area contributed by atoms with E-state index in [1.807, 2.05) is 0 Å². The summed E-state index contributed by atoms with van der Waals surface area (Å²) < 4.78 is 5.75. The third kappa shape index (κ3) is 3.88. The summed E-state index contributed by atoms with van der Waals surface area (Å²) in [6.07, 6.45) is 4.55. The lowest BCUT2D eigenvalue weighted by Crippen LogP contribution is -2.36. The maximum Gasteiger partial charge on any atom is 0.340 e. The summed E-state index contributed by atoms with van der Waals surface area (Å²) >= 11 is 5.83. The molecule has 4 nitrogen and oxygen atoms in total. The summed E-state index contributed by atoms with van der Waals surface area (Å²) in [5.74, 6) is 1.08. The van der Waals surface area contributed by atoms with Crippen molar-refractivity contribution in [1.29, 1.82) is 0 Å². The highest BCUT2D eigenvalue weighted by Gasteiger charge is 2.33. The highest BCUT2D eigenvalue weighted by molar-refractivity contribution is 6.29. The van der Waals surface area contributed by atoms with E-state index in [0.29, 0.717) is 29.0 Å². The van der Waals surface area contributed by atoms with Crippen molar-refractivity contribution in [2.24, 2.45) is 17.8 Å². The van der Waals surface area contributed by atoms with E-state index in [9.17, 15) is 4.79 Å². The molecular weight excluding hydrogens is 288 g/mol. The van der Waals surface area contributed by atoms with Gasteiger partial charge in [-0.3, -0.25) is 0 Å². The minimum absolute atomic E-state index is 0.0485. The monoisotopic (exact) mass is 310 g/mol. The number of carbonyl (C=O) groups is 1. The Balaban J connectivity index is 2.14. The Hall–Kier alpha value is -1.29. The van der Waals surface area contributed by atoms with E-state index in [0.717, 1.165) is 12.8 Å². The number of rotatable bonds is 3. The van der Waals surface area contributed by atoms with Crippen molar-refractivity contribution in [1.82, 2.24) is 4.98 Å². The molecule has 3 unspecified atom stereocenters. The number of halogens is 1. The fourth-order valence-corrected chi connectivity index (χ4v) is 3.23. The predicted octanol–water partition coefficient (Wildman–Crippen LogP) is 3.93. The maximum atomic E-state index is 12.4. The quantitative estimate of drug-likeness (QED) is 0.678. The Morgan fingerprint density at radius 1 is 1.48 bits per heavy atom. The summed E-state index contributed by atoms with van der Waals surface area (Å²) in [6, 6.07) is 1.47. The average molecular weight is 311 g/mol. The van der Waals surface area contributed by atoms with Crippen LogP contribution in [0.4, 0.5) is 5.69 Å². The standard InChI is InChI=1S/C16H23ClN2O2/c1-9(2)11-5-4-10(3)6-14(11)21-16(20)12-7-15(17)19-8-13(12)18/h7-11,14H,4-6,18H2,1-3H3. The Morgan fingerprint density at radius 2 is 2.19 bits per heavy atom. The van der Waals surface area contributed by atoms with Gasteiger partial charge in [0.2, 0.25) is 0 Å². The highest BCUT2D eigenvalue weighted by atomic mass is 35.5. The molecule has 0 spiro atoms. The zero-order valence-electron chi connectivity index (χ0n) is 12.8. The summed E-state index contributed by atoms with van der Waals surface area (Å²) in [6.45, 7) is 6.56. The fourth-order valence-electron chi connectivity index (χ4n) is 3.07. The van der Waals surface area contributed by atoms with Gasteiger partial charge in [0.05, 0.1) is 17.4 Å². The maximum absolute atomic E-state index is 12.4. The van der Waals surface area contributed by atoms with Crippen LogP contribution in [0.2, 0.25) is 5.15 Å². The fraction of sp³-hybridized carbons (Fsp3) is 0.625. The number of pyridine rings is 1. The first kappa shape index (κ1) is 16.1. The SMILES string of the molecule is CC1CCC(C(C)C)C(OC(=O)c2cc(Cl)ncc2N)C1. The molecule has 0 radical (unpaired) electrons. The lowest BCUT2D eigenvalue weighted by molar-refractivity contribution is -0.0173. The summed E-state index contributed by atoms with van der Waals surface area (Å²) in [5.41, 5.74) is 6.40. The molecule has 2 rings (SSSR count). The summed E-state index contributed by atoms with van der Waals surface area (Å²) in [4.78, 5) is 16.2. The van der Waals surface area contributed by atoms with E-state index < -0.39 is 5.97 Å². The zero-order valence-corrected chi connectivity index (χ0v) is 13.6. The van der Waals surface area contributed by atoms with Crippen LogP contribution in [0.5, 0.6) is 0 Å². The van der Waals surface area contributed by atoms with Crippen molar-refractivity contribution in [2.45, 2.75) is 46.1 Å². The second-order valence-electron chi connectivity index (χ2n) is 6.36. The largest absolute Gasteiger partial charge is 0.458 e. The number of anilines is 1. The summed E-state index contributed by atoms with van der Waals surface area (Å²) in [7, 11) is 0. The van der Waals surface area contributed by atoms with Gasteiger partial charge >= 0.3 is 5.97 Å². The second-order valence-corrected chi connectivity index (χ2v) is 6.75. The van der Waals surface area contributed by atoms with Crippen LogP contribution in [0.15, 0.2) is 12.3 Å². The molecule has 0 aliphatic heterocycles. The van der Waals surface area contributed by atoms with Crippen molar-refractivity contribution >= 4 is 23.3 Å². The van der Waals surface area contributed by atoms with Gasteiger partial charge in [0.25, 0.3) is 0 Å². The normalized spacial score (nSPS) is 25.9. The number of esters is 1. The van der Waals surface area contributed by atoms with Crippen molar-refractivity contribution in [3.05, 3.63) is 23.0 Å². The average Bonchev–Trinajstić information content (AvgIpc) is 2.41. The number of hydrogen-bond acceptors (Lipinski definition) is 4. The molecule has 0 saturated heterocycles. The molecule has 3 atom stereocenters. The highest BCUT2D eigenvalue weighted by Crippen LogP contribution is 2.36. The van der Waals surface area contributed by atoms with Crippen LogP contribution in [0.25, 0.3) is 0 Å². The first-order chi connectivity index (χ1) is 9.88. The molecule has 0 amide bonds. The third-order valence-corrected chi connectivity index (χ3v) is 4.55. The number of nitrogens with zero attached hydrogens (tertiary/aromatic N) is 1. The van der Waals surface area contributed by atoms with Gasteiger partial charge < -0.3 is 10.5 Å². The lowest BCUT2D eigenvalue weighted by atomic mass is 9.75. The minimum Gasteiger partial charge on any atom is -0.458 e. The van der Waals surface area contributed by atoms with E-state index in [4.69, 9.17) is 22.1 Å². The Morgan fingerprint density at radius 3 is 2.86 bits per heavy atom. The smallest absolute Gasteiger partial charge is 0.340 e. The lowest BCUT2D eigenvalue weighted by Gasteiger charge is -2.36. The van der Waals surface area contributed by atoms with E-state index >= 15 is 0 Å². The number of ether oxygens (including phenoxy) is 1. The van der Waals surface area contributed by atoms with Crippen LogP contribution in [-0.4, -0.2) is 17.1 Å². The third-order valence-electron chi connectivity index (χ3n) is 4.34.